The number of nitrogens with zero attached hydrogens (tertiary/aromatic N) is 1. The van der Waals surface area contributed by atoms with Gasteiger partial charge in [0.25, 0.3) is 0 Å². The topological polar surface area (TPSA) is 20.3 Å². The maximum Gasteiger partial charge on any atom is 0.133 e. The van der Waals surface area contributed by atoms with Gasteiger partial charge in [-0.05, 0) is 50.4 Å². The van der Waals surface area contributed by atoms with E-state index >= 15 is 0 Å². The summed E-state index contributed by atoms with van der Waals surface area (Å²) in [6.45, 7) is 5.30. The summed E-state index contributed by atoms with van der Waals surface area (Å²) in [6, 6.07) is 7.26. The van der Waals surface area contributed by atoms with Gasteiger partial charge in [0.1, 0.15) is 5.78 Å². The maximum absolute atomic E-state index is 11.3. The Morgan fingerprint density at radius 2 is 1.83 bits per heavy atom. The lowest BCUT2D eigenvalue weighted by atomic mass is 9.93. The highest BCUT2D eigenvalue weighted by Gasteiger charge is 2.22. The summed E-state index contributed by atoms with van der Waals surface area (Å²) in [5, 5.41) is 0. The molecule has 1 aromatic rings. The van der Waals surface area contributed by atoms with Crippen LogP contribution in [0.5, 0.6) is 0 Å². The van der Waals surface area contributed by atoms with Crippen LogP contribution in [0.25, 0.3) is 0 Å². The van der Waals surface area contributed by atoms with Gasteiger partial charge >= 0.3 is 0 Å². The Hall–Kier alpha value is -1.15. The van der Waals surface area contributed by atoms with E-state index in [9.17, 15) is 4.79 Å². The van der Waals surface area contributed by atoms with Crippen LogP contribution in [-0.4, -0.2) is 23.8 Å². The van der Waals surface area contributed by atoms with Crippen LogP contribution < -0.4 is 0 Å². The molecule has 0 aliphatic heterocycles. The van der Waals surface area contributed by atoms with Crippen LogP contribution in [0.3, 0.4) is 0 Å². The van der Waals surface area contributed by atoms with E-state index < -0.39 is 0 Å². The van der Waals surface area contributed by atoms with Crippen molar-refractivity contribution in [1.29, 1.82) is 0 Å². The van der Waals surface area contributed by atoms with Gasteiger partial charge in [0.2, 0.25) is 0 Å². The number of aryl methyl sites for hydroxylation is 2. The van der Waals surface area contributed by atoms with Crippen LogP contribution in [0, 0.1) is 13.8 Å². The average Bonchev–Trinajstić information content (AvgIpc) is 2.34. The first-order chi connectivity index (χ1) is 8.56. The number of rotatable bonds is 3. The third-order valence-electron chi connectivity index (χ3n) is 4.14. The molecule has 0 radical (unpaired) electrons. The molecule has 0 atom stereocenters. The van der Waals surface area contributed by atoms with Gasteiger partial charge in [-0.2, -0.15) is 0 Å². The van der Waals surface area contributed by atoms with Crippen LogP contribution >= 0.6 is 0 Å². The molecular weight excluding hydrogens is 222 g/mol. The zero-order valence-electron chi connectivity index (χ0n) is 11.7. The van der Waals surface area contributed by atoms with Gasteiger partial charge < -0.3 is 0 Å². The maximum atomic E-state index is 11.3. The highest BCUT2D eigenvalue weighted by Crippen LogP contribution is 2.21. The number of hydrogen-bond acceptors (Lipinski definition) is 2. The molecule has 1 aliphatic rings. The second kappa shape index (κ2) is 5.66. The molecule has 0 spiro atoms. The fourth-order valence-electron chi connectivity index (χ4n) is 2.68. The molecule has 1 aliphatic carbocycles. The molecule has 2 nitrogen and oxygen atoms in total. The first-order valence-electron chi connectivity index (χ1n) is 6.84. The lowest BCUT2D eigenvalue weighted by molar-refractivity contribution is -0.121. The van der Waals surface area contributed by atoms with Gasteiger partial charge in [-0.1, -0.05) is 18.2 Å². The number of carbonyl (C=O) groups excluding carboxylic acids is 1. The van der Waals surface area contributed by atoms with Crippen molar-refractivity contribution >= 4 is 5.78 Å². The summed E-state index contributed by atoms with van der Waals surface area (Å²) < 4.78 is 0. The first-order valence-corrected chi connectivity index (χ1v) is 6.84. The normalized spacial score (nSPS) is 17.4. The molecule has 2 heteroatoms. The molecule has 1 aromatic carbocycles. The summed E-state index contributed by atoms with van der Waals surface area (Å²) in [6.07, 6.45) is 3.59. The van der Waals surface area contributed by atoms with Crippen molar-refractivity contribution in [3.05, 3.63) is 34.9 Å². The second-order valence-corrected chi connectivity index (χ2v) is 5.60. The van der Waals surface area contributed by atoms with E-state index in [1.165, 1.54) is 16.7 Å². The molecule has 0 heterocycles. The van der Waals surface area contributed by atoms with Gasteiger partial charge in [0, 0.05) is 25.4 Å². The molecule has 0 aromatic heterocycles. The molecule has 18 heavy (non-hydrogen) atoms. The minimum atomic E-state index is 0.436. The van der Waals surface area contributed by atoms with E-state index in [-0.39, 0.29) is 0 Å². The number of carbonyl (C=O) groups is 1. The molecule has 0 bridgehead atoms. The minimum absolute atomic E-state index is 0.436. The predicted octanol–water partition coefficient (Wildman–Crippen LogP) is 3.25. The van der Waals surface area contributed by atoms with Crippen LogP contribution in [0.15, 0.2) is 18.2 Å². The number of Topliss-reactive ketones (excluding diaryl/α,β-unsaturated/α-hetero) is 1. The fourth-order valence-corrected chi connectivity index (χ4v) is 2.68. The lowest BCUT2D eigenvalue weighted by Crippen LogP contribution is -2.34. The van der Waals surface area contributed by atoms with E-state index in [2.05, 4.69) is 44.0 Å². The summed E-state index contributed by atoms with van der Waals surface area (Å²) in [5.41, 5.74) is 4.09. The average molecular weight is 245 g/mol. The number of hydrogen-bond donors (Lipinski definition) is 0. The molecule has 0 amide bonds. The van der Waals surface area contributed by atoms with Crippen molar-refractivity contribution in [1.82, 2.24) is 4.90 Å². The number of ketones is 1. The highest BCUT2D eigenvalue weighted by molar-refractivity contribution is 5.79. The second-order valence-electron chi connectivity index (χ2n) is 5.60. The highest BCUT2D eigenvalue weighted by atomic mass is 16.1. The molecule has 98 valence electrons. The van der Waals surface area contributed by atoms with E-state index in [0.29, 0.717) is 11.8 Å². The van der Waals surface area contributed by atoms with Gasteiger partial charge in [0.15, 0.2) is 0 Å². The zero-order valence-corrected chi connectivity index (χ0v) is 11.7. The summed E-state index contributed by atoms with van der Waals surface area (Å²) in [5.74, 6) is 0.436. The van der Waals surface area contributed by atoms with E-state index in [4.69, 9.17) is 0 Å². The lowest BCUT2D eigenvalue weighted by Gasteiger charge is -2.30. The van der Waals surface area contributed by atoms with Crippen LogP contribution in [-0.2, 0) is 11.3 Å². The van der Waals surface area contributed by atoms with E-state index in [1.54, 1.807) is 0 Å². The van der Waals surface area contributed by atoms with Crippen LogP contribution in [0.4, 0.5) is 0 Å². The van der Waals surface area contributed by atoms with E-state index in [0.717, 1.165) is 32.2 Å². The van der Waals surface area contributed by atoms with E-state index in [1.807, 2.05) is 0 Å². The molecule has 2 rings (SSSR count). The zero-order chi connectivity index (χ0) is 13.1. The van der Waals surface area contributed by atoms with Gasteiger partial charge in [-0.25, -0.2) is 0 Å². The van der Waals surface area contributed by atoms with Crippen LogP contribution in [0.2, 0.25) is 0 Å². The van der Waals surface area contributed by atoms with Gasteiger partial charge in [-0.3, -0.25) is 9.69 Å². The third-order valence-corrected chi connectivity index (χ3v) is 4.14. The summed E-state index contributed by atoms with van der Waals surface area (Å²) in [4.78, 5) is 13.7. The fraction of sp³-hybridized carbons (Fsp3) is 0.562. The van der Waals surface area contributed by atoms with Gasteiger partial charge in [-0.15, -0.1) is 0 Å². The summed E-state index contributed by atoms with van der Waals surface area (Å²) in [7, 11) is 2.18. The Morgan fingerprint density at radius 3 is 2.44 bits per heavy atom. The van der Waals surface area contributed by atoms with Crippen molar-refractivity contribution in [2.75, 3.05) is 7.05 Å². The summed E-state index contributed by atoms with van der Waals surface area (Å²) >= 11 is 0. The Morgan fingerprint density at radius 1 is 1.17 bits per heavy atom. The largest absolute Gasteiger partial charge is 0.300 e. The van der Waals surface area contributed by atoms with Crippen molar-refractivity contribution in [2.45, 2.75) is 52.1 Å². The Labute approximate surface area is 110 Å². The van der Waals surface area contributed by atoms with Crippen molar-refractivity contribution in [2.24, 2.45) is 0 Å². The monoisotopic (exact) mass is 245 g/mol. The smallest absolute Gasteiger partial charge is 0.133 e. The third kappa shape index (κ3) is 3.20. The Kier molecular flexibility index (Phi) is 4.18. The van der Waals surface area contributed by atoms with Crippen LogP contribution in [0.1, 0.15) is 42.4 Å². The molecule has 0 saturated heterocycles. The standard InChI is InChI=1S/C16H23NO/c1-12-4-5-14(10-13(12)2)11-17(3)15-6-8-16(18)9-7-15/h4-5,10,15H,6-9,11H2,1-3H3. The SMILES string of the molecule is Cc1ccc(CN(C)C2CCC(=O)CC2)cc1C. The molecule has 0 N–H and O–H groups in total. The first kappa shape index (κ1) is 13.3. The molecular formula is C16H23NO. The minimum Gasteiger partial charge on any atom is -0.300 e. The van der Waals surface area contributed by atoms with Crippen molar-refractivity contribution in [3.63, 3.8) is 0 Å². The van der Waals surface area contributed by atoms with Gasteiger partial charge in [0.05, 0.1) is 0 Å². The predicted molar refractivity (Wildman–Crippen MR) is 74.6 cm³/mol. The molecule has 1 fully saturated rings. The quantitative estimate of drug-likeness (QED) is 0.814. The Balaban J connectivity index is 1.96. The molecule has 0 unspecified atom stereocenters. The van der Waals surface area contributed by atoms with Crippen molar-refractivity contribution < 1.29 is 4.79 Å². The number of benzene rings is 1. The molecule has 1 saturated carbocycles. The Bertz CT molecular complexity index is 429. The van der Waals surface area contributed by atoms with Crippen molar-refractivity contribution in [3.8, 4) is 0 Å².